The number of morpholine rings is 1. The van der Waals surface area contributed by atoms with Gasteiger partial charge in [-0.05, 0) is 45.0 Å². The molecule has 0 radical (unpaired) electrons. The number of hydrogen-bond donors (Lipinski definition) is 1. The third-order valence-electron chi connectivity index (χ3n) is 3.97. The van der Waals surface area contributed by atoms with Crippen molar-refractivity contribution in [1.82, 2.24) is 4.90 Å². The molecule has 1 aliphatic heterocycles. The van der Waals surface area contributed by atoms with Crippen LogP contribution in [0, 0.1) is 0 Å². The molecule has 1 saturated heterocycles. The van der Waals surface area contributed by atoms with E-state index in [2.05, 4.69) is 10.2 Å². The van der Waals surface area contributed by atoms with E-state index in [-0.39, 0.29) is 18.4 Å². The Morgan fingerprint density at radius 3 is 2.40 bits per heavy atom. The van der Waals surface area contributed by atoms with Crippen molar-refractivity contribution in [2.45, 2.75) is 20.8 Å². The quantitative estimate of drug-likeness (QED) is 0.804. The summed E-state index contributed by atoms with van der Waals surface area (Å²) >= 11 is 0. The summed E-state index contributed by atoms with van der Waals surface area (Å²) < 4.78 is 5.35. The fourth-order valence-electron chi connectivity index (χ4n) is 2.63. The zero-order valence-electron chi connectivity index (χ0n) is 15.2. The third-order valence-corrected chi connectivity index (χ3v) is 3.97. The zero-order valence-corrected chi connectivity index (χ0v) is 15.2. The van der Waals surface area contributed by atoms with E-state index in [0.717, 1.165) is 43.3 Å². The van der Waals surface area contributed by atoms with Crippen molar-refractivity contribution in [3.63, 3.8) is 0 Å². The average molecular weight is 345 g/mol. The largest absolute Gasteiger partial charge is 0.378 e. The van der Waals surface area contributed by atoms with Crippen LogP contribution in [0.5, 0.6) is 0 Å². The number of hydrogen-bond acceptors (Lipinski definition) is 4. The van der Waals surface area contributed by atoms with Gasteiger partial charge in [-0.2, -0.15) is 0 Å². The van der Waals surface area contributed by atoms with Crippen molar-refractivity contribution in [2.24, 2.45) is 0 Å². The highest BCUT2D eigenvalue weighted by atomic mass is 16.5. The average Bonchev–Trinajstić information content (AvgIpc) is 2.60. The Kier molecular flexibility index (Phi) is 7.01. The third kappa shape index (κ3) is 5.90. The van der Waals surface area contributed by atoms with Gasteiger partial charge in [0, 0.05) is 37.1 Å². The number of likely N-dealkylation sites (N-methyl/N-ethyl adjacent to an activating group) is 1. The Morgan fingerprint density at radius 1 is 1.20 bits per heavy atom. The lowest BCUT2D eigenvalue weighted by molar-refractivity contribution is -0.130. The number of nitrogens with one attached hydrogen (secondary N) is 1. The lowest BCUT2D eigenvalue weighted by Crippen LogP contribution is -2.37. The minimum atomic E-state index is -0.198. The summed E-state index contributed by atoms with van der Waals surface area (Å²) in [5.74, 6) is -0.336. The highest BCUT2D eigenvalue weighted by Crippen LogP contribution is 2.19. The maximum absolute atomic E-state index is 12.2. The molecule has 6 nitrogen and oxygen atoms in total. The second kappa shape index (κ2) is 9.22. The topological polar surface area (TPSA) is 61.9 Å². The van der Waals surface area contributed by atoms with E-state index in [1.54, 1.807) is 6.08 Å². The van der Waals surface area contributed by atoms with E-state index in [9.17, 15) is 9.59 Å². The van der Waals surface area contributed by atoms with Crippen molar-refractivity contribution in [1.29, 1.82) is 0 Å². The molecule has 136 valence electrons. The van der Waals surface area contributed by atoms with Gasteiger partial charge in [0.1, 0.15) is 6.54 Å². The molecule has 25 heavy (non-hydrogen) atoms. The minimum Gasteiger partial charge on any atom is -0.378 e. The van der Waals surface area contributed by atoms with Gasteiger partial charge in [-0.15, -0.1) is 0 Å². The molecule has 1 N–H and O–H groups in total. The van der Waals surface area contributed by atoms with E-state index in [0.29, 0.717) is 6.54 Å². The molecule has 2 rings (SSSR count). The van der Waals surface area contributed by atoms with Crippen LogP contribution in [0.15, 0.2) is 35.9 Å². The molecule has 1 aromatic carbocycles. The Balaban J connectivity index is 1.91. The molecule has 0 unspecified atom stereocenters. The number of carbonyl (C=O) groups excluding carboxylic acids is 2. The van der Waals surface area contributed by atoms with Crippen molar-refractivity contribution in [2.75, 3.05) is 49.6 Å². The number of nitrogens with zero attached hydrogens (tertiary/aromatic N) is 2. The molecule has 0 bridgehead atoms. The second-order valence-corrected chi connectivity index (χ2v) is 6.27. The number of ether oxygens (including phenoxy) is 1. The normalized spacial score (nSPS) is 14.0. The first-order chi connectivity index (χ1) is 12.0. The van der Waals surface area contributed by atoms with Crippen LogP contribution in [-0.4, -0.2) is 56.1 Å². The fourth-order valence-corrected chi connectivity index (χ4v) is 2.63. The molecule has 0 spiro atoms. The number of allylic oxidation sites excluding steroid dienone is 1. The van der Waals surface area contributed by atoms with Crippen molar-refractivity contribution in [3.8, 4) is 0 Å². The lowest BCUT2D eigenvalue weighted by Gasteiger charge is -2.29. The fraction of sp³-hybridized carbons (Fsp3) is 0.474. The predicted octanol–water partition coefficient (Wildman–Crippen LogP) is 2.28. The van der Waals surface area contributed by atoms with E-state index in [1.165, 1.54) is 4.90 Å². The van der Waals surface area contributed by atoms with Crippen molar-refractivity contribution >= 4 is 23.2 Å². The number of anilines is 2. The summed E-state index contributed by atoms with van der Waals surface area (Å²) in [5, 5.41) is 2.85. The standard InChI is InChI=1S/C19H27N3O3/c1-4-21(19(24)13-15(2)3)14-18(23)20-16-5-7-17(8-6-16)22-9-11-25-12-10-22/h5-8,13H,4,9-12,14H2,1-3H3,(H,20,23). The summed E-state index contributed by atoms with van der Waals surface area (Å²) in [6.07, 6.45) is 1.55. The van der Waals surface area contributed by atoms with Gasteiger partial charge < -0.3 is 19.9 Å². The number of benzene rings is 1. The zero-order chi connectivity index (χ0) is 18.2. The van der Waals surface area contributed by atoms with Gasteiger partial charge in [-0.1, -0.05) is 5.57 Å². The van der Waals surface area contributed by atoms with Crippen LogP contribution in [0.4, 0.5) is 11.4 Å². The molecule has 1 aliphatic rings. The van der Waals surface area contributed by atoms with Crippen LogP contribution in [0.2, 0.25) is 0 Å². The molecular weight excluding hydrogens is 318 g/mol. The first kappa shape index (κ1) is 19.0. The highest BCUT2D eigenvalue weighted by Gasteiger charge is 2.14. The number of rotatable bonds is 6. The van der Waals surface area contributed by atoms with E-state index >= 15 is 0 Å². The van der Waals surface area contributed by atoms with Gasteiger partial charge in [0.05, 0.1) is 13.2 Å². The van der Waals surface area contributed by atoms with Gasteiger partial charge in [0.25, 0.3) is 0 Å². The second-order valence-electron chi connectivity index (χ2n) is 6.27. The van der Waals surface area contributed by atoms with Gasteiger partial charge in [-0.25, -0.2) is 0 Å². The molecule has 1 aromatic rings. The van der Waals surface area contributed by atoms with Gasteiger partial charge in [-0.3, -0.25) is 9.59 Å². The summed E-state index contributed by atoms with van der Waals surface area (Å²) in [7, 11) is 0. The molecule has 0 aromatic heterocycles. The Hall–Kier alpha value is -2.34. The molecule has 6 heteroatoms. The summed E-state index contributed by atoms with van der Waals surface area (Å²) in [4.78, 5) is 28.0. The van der Waals surface area contributed by atoms with Crippen LogP contribution in [0.1, 0.15) is 20.8 Å². The van der Waals surface area contributed by atoms with Crippen molar-refractivity contribution in [3.05, 3.63) is 35.9 Å². The van der Waals surface area contributed by atoms with Gasteiger partial charge >= 0.3 is 0 Å². The Morgan fingerprint density at radius 2 is 1.84 bits per heavy atom. The molecule has 2 amide bonds. The van der Waals surface area contributed by atoms with Gasteiger partial charge in [0.15, 0.2) is 0 Å². The van der Waals surface area contributed by atoms with E-state index in [4.69, 9.17) is 4.74 Å². The lowest BCUT2D eigenvalue weighted by atomic mass is 10.2. The molecule has 0 atom stereocenters. The smallest absolute Gasteiger partial charge is 0.246 e. The van der Waals surface area contributed by atoms with E-state index < -0.39 is 0 Å². The van der Waals surface area contributed by atoms with Gasteiger partial charge in [0.2, 0.25) is 11.8 Å². The first-order valence-electron chi connectivity index (χ1n) is 8.66. The summed E-state index contributed by atoms with van der Waals surface area (Å²) in [5.41, 5.74) is 2.77. The molecule has 1 fully saturated rings. The van der Waals surface area contributed by atoms with Crippen molar-refractivity contribution < 1.29 is 14.3 Å². The molecule has 0 aliphatic carbocycles. The molecular formula is C19H27N3O3. The highest BCUT2D eigenvalue weighted by molar-refractivity contribution is 5.96. The number of carbonyl (C=O) groups is 2. The Labute approximate surface area is 149 Å². The molecule has 0 saturated carbocycles. The minimum absolute atomic E-state index is 0.0460. The molecule has 1 heterocycles. The first-order valence-corrected chi connectivity index (χ1v) is 8.66. The maximum Gasteiger partial charge on any atom is 0.246 e. The number of amides is 2. The van der Waals surface area contributed by atoms with Crippen LogP contribution < -0.4 is 10.2 Å². The van der Waals surface area contributed by atoms with Crippen LogP contribution >= 0.6 is 0 Å². The van der Waals surface area contributed by atoms with Crippen LogP contribution in [0.3, 0.4) is 0 Å². The summed E-state index contributed by atoms with van der Waals surface area (Å²) in [6.45, 7) is 9.37. The van der Waals surface area contributed by atoms with E-state index in [1.807, 2.05) is 45.0 Å². The SMILES string of the molecule is CCN(CC(=O)Nc1ccc(N2CCOCC2)cc1)C(=O)C=C(C)C. The summed E-state index contributed by atoms with van der Waals surface area (Å²) in [6, 6.07) is 7.76. The maximum atomic E-state index is 12.2. The van der Waals surface area contributed by atoms with Crippen LogP contribution in [0.25, 0.3) is 0 Å². The Bertz CT molecular complexity index is 615. The predicted molar refractivity (Wildman–Crippen MR) is 99.8 cm³/mol. The van der Waals surface area contributed by atoms with Crippen LogP contribution in [-0.2, 0) is 14.3 Å². The monoisotopic (exact) mass is 345 g/mol.